The monoisotopic (exact) mass is 466 g/mol. The Hall–Kier alpha value is -2.63. The highest BCUT2D eigenvalue weighted by Crippen LogP contribution is 2.69. The zero-order valence-electron chi connectivity index (χ0n) is 20.1. The van der Waals surface area contributed by atoms with E-state index in [2.05, 4.69) is 13.8 Å². The Morgan fingerprint density at radius 2 is 1.76 bits per heavy atom. The lowest BCUT2D eigenvalue weighted by Gasteiger charge is -2.60. The molecule has 3 saturated carbocycles. The van der Waals surface area contributed by atoms with Gasteiger partial charge in [-0.1, -0.05) is 19.4 Å². The van der Waals surface area contributed by atoms with Crippen LogP contribution in [0.2, 0.25) is 0 Å². The molecule has 0 heterocycles. The number of carboxylic acids is 1. The molecule has 4 aliphatic carbocycles. The summed E-state index contributed by atoms with van der Waals surface area (Å²) in [6, 6.07) is 2.36. The van der Waals surface area contributed by atoms with Crippen LogP contribution >= 0.6 is 0 Å². The van der Waals surface area contributed by atoms with Crippen LogP contribution in [0.15, 0.2) is 23.8 Å². The number of carboxylic acid groups (broad SMARTS) is 1. The number of phenolic OH excluding ortho intramolecular Hbond substituents is 2. The number of ketones is 2. The van der Waals surface area contributed by atoms with E-state index in [-0.39, 0.29) is 57.9 Å². The molecule has 34 heavy (non-hydrogen) atoms. The molecule has 3 N–H and O–H groups in total. The third-order valence-electron chi connectivity index (χ3n) is 10.3. The van der Waals surface area contributed by atoms with Gasteiger partial charge in [0.1, 0.15) is 17.3 Å². The Bertz CT molecular complexity index is 1120. The van der Waals surface area contributed by atoms with E-state index in [1.807, 2.05) is 0 Å². The number of aromatic carboxylic acids is 1. The SMILES string of the molecule is CC(=O)[C@H]1CC[C@H]2[C@@H]3CCC4=CC(=O)CC(c5c(O)cc(O)cc5C(=O)O)[C@@]4(C)[C@H]3CC[C@]12C. The molecule has 6 nitrogen and oxygen atoms in total. The molecule has 6 heteroatoms. The van der Waals surface area contributed by atoms with E-state index >= 15 is 0 Å². The van der Waals surface area contributed by atoms with Crippen LogP contribution in [0.5, 0.6) is 11.5 Å². The van der Waals surface area contributed by atoms with Crippen molar-refractivity contribution in [2.45, 2.75) is 71.6 Å². The molecule has 182 valence electrons. The van der Waals surface area contributed by atoms with Crippen molar-refractivity contribution in [1.29, 1.82) is 0 Å². The molecule has 5 rings (SSSR count). The number of carbonyl (C=O) groups excluding carboxylic acids is 2. The van der Waals surface area contributed by atoms with Gasteiger partial charge in [0.2, 0.25) is 0 Å². The Morgan fingerprint density at radius 1 is 1.03 bits per heavy atom. The zero-order valence-corrected chi connectivity index (χ0v) is 20.1. The lowest BCUT2D eigenvalue weighted by molar-refractivity contribution is -0.129. The fourth-order valence-electron chi connectivity index (χ4n) is 8.88. The third kappa shape index (κ3) is 3.10. The van der Waals surface area contributed by atoms with E-state index in [9.17, 15) is 29.7 Å². The van der Waals surface area contributed by atoms with E-state index in [4.69, 9.17) is 0 Å². The number of rotatable bonds is 3. The maximum Gasteiger partial charge on any atom is 0.336 e. The predicted molar refractivity (Wildman–Crippen MR) is 126 cm³/mol. The average molecular weight is 467 g/mol. The Kier molecular flexibility index (Phi) is 5.23. The minimum absolute atomic E-state index is 0.00252. The fourth-order valence-corrected chi connectivity index (χ4v) is 8.88. The quantitative estimate of drug-likeness (QED) is 0.563. The molecular formula is C28H34O6. The highest BCUT2D eigenvalue weighted by molar-refractivity contribution is 5.95. The Labute approximate surface area is 200 Å². The second-order valence-corrected chi connectivity index (χ2v) is 11.6. The van der Waals surface area contributed by atoms with Crippen LogP contribution in [0.4, 0.5) is 0 Å². The van der Waals surface area contributed by atoms with Crippen LogP contribution < -0.4 is 0 Å². The van der Waals surface area contributed by atoms with Crippen LogP contribution in [0.1, 0.15) is 87.6 Å². The molecule has 1 aromatic carbocycles. The Balaban J connectivity index is 1.63. The minimum atomic E-state index is -1.22. The van der Waals surface area contributed by atoms with Gasteiger partial charge in [-0.15, -0.1) is 0 Å². The second kappa shape index (κ2) is 7.69. The molecule has 0 aliphatic heterocycles. The number of allylic oxidation sites excluding steroid dienone is 1. The van der Waals surface area contributed by atoms with Gasteiger partial charge in [0.05, 0.1) is 5.56 Å². The van der Waals surface area contributed by atoms with Crippen LogP contribution in [0.3, 0.4) is 0 Å². The largest absolute Gasteiger partial charge is 0.508 e. The molecular weight excluding hydrogens is 432 g/mol. The molecule has 1 aromatic rings. The standard InChI is InChI=1S/C28H34O6/c1-14(29)20-6-7-21-18-5-4-15-10-16(30)12-23(28(15,3)22(18)8-9-27(20,21)2)25-19(26(33)34)11-17(31)13-24(25)32/h10-11,13,18,20-23,31-32H,4-9,12H2,1-3H3,(H,33,34)/t18-,20+,21-,22-,23?,27+,28+/m0/s1. The van der Waals surface area contributed by atoms with Crippen LogP contribution in [0.25, 0.3) is 0 Å². The molecule has 0 radical (unpaired) electrons. The lowest BCUT2D eigenvalue weighted by atomic mass is 9.44. The molecule has 7 atom stereocenters. The summed E-state index contributed by atoms with van der Waals surface area (Å²) >= 11 is 0. The molecule has 4 aliphatic rings. The van der Waals surface area contributed by atoms with Gasteiger partial charge in [0.15, 0.2) is 5.78 Å². The number of aromatic hydroxyl groups is 2. The number of phenols is 2. The maximum absolute atomic E-state index is 12.8. The Morgan fingerprint density at radius 3 is 2.44 bits per heavy atom. The first kappa shape index (κ1) is 23.1. The number of hydrogen-bond donors (Lipinski definition) is 3. The van der Waals surface area contributed by atoms with Crippen LogP contribution in [-0.2, 0) is 9.59 Å². The summed E-state index contributed by atoms with van der Waals surface area (Å²) in [4.78, 5) is 37.4. The van der Waals surface area contributed by atoms with Crippen LogP contribution in [0, 0.1) is 34.5 Å². The maximum atomic E-state index is 12.8. The summed E-state index contributed by atoms with van der Waals surface area (Å²) in [5, 5.41) is 30.7. The fraction of sp³-hybridized carbons (Fsp3) is 0.607. The summed E-state index contributed by atoms with van der Waals surface area (Å²) in [5.41, 5.74) is 0.707. The van der Waals surface area contributed by atoms with Crippen LogP contribution in [-0.4, -0.2) is 32.9 Å². The molecule has 0 amide bonds. The van der Waals surface area contributed by atoms with E-state index in [1.165, 1.54) is 12.1 Å². The summed E-state index contributed by atoms with van der Waals surface area (Å²) in [7, 11) is 0. The highest BCUT2D eigenvalue weighted by atomic mass is 16.4. The number of fused-ring (bicyclic) bond motifs is 5. The van der Waals surface area contributed by atoms with Crippen molar-refractivity contribution in [3.63, 3.8) is 0 Å². The normalized spacial score (nSPS) is 39.0. The molecule has 0 spiro atoms. The molecule has 0 aromatic heterocycles. The van der Waals surface area contributed by atoms with Gasteiger partial charge in [-0.3, -0.25) is 9.59 Å². The highest BCUT2D eigenvalue weighted by Gasteiger charge is 2.62. The van der Waals surface area contributed by atoms with Gasteiger partial charge in [-0.05, 0) is 86.2 Å². The molecule has 0 saturated heterocycles. The molecule has 0 bridgehead atoms. The van der Waals surface area contributed by atoms with Gasteiger partial charge in [-0.25, -0.2) is 4.79 Å². The van der Waals surface area contributed by atoms with Crippen molar-refractivity contribution in [3.8, 4) is 11.5 Å². The number of Topliss-reactive ketones (excluding diaryl/α,β-unsaturated/α-hetero) is 1. The zero-order chi connectivity index (χ0) is 24.6. The van der Waals surface area contributed by atoms with Crippen molar-refractivity contribution < 1.29 is 29.7 Å². The van der Waals surface area contributed by atoms with Gasteiger partial charge in [-0.2, -0.15) is 0 Å². The smallest absolute Gasteiger partial charge is 0.336 e. The van der Waals surface area contributed by atoms with Crippen molar-refractivity contribution in [3.05, 3.63) is 34.9 Å². The van der Waals surface area contributed by atoms with Crippen molar-refractivity contribution in [1.82, 2.24) is 0 Å². The second-order valence-electron chi connectivity index (χ2n) is 11.6. The molecule has 3 fully saturated rings. The number of carbonyl (C=O) groups is 3. The summed E-state index contributed by atoms with van der Waals surface area (Å²) < 4.78 is 0. The number of hydrogen-bond acceptors (Lipinski definition) is 5. The minimum Gasteiger partial charge on any atom is -0.508 e. The number of benzene rings is 1. The van der Waals surface area contributed by atoms with Gasteiger partial charge < -0.3 is 15.3 Å². The first-order valence-corrected chi connectivity index (χ1v) is 12.5. The van der Waals surface area contributed by atoms with E-state index < -0.39 is 17.3 Å². The predicted octanol–water partition coefficient (Wildman–Crippen LogP) is 5.23. The summed E-state index contributed by atoms with van der Waals surface area (Å²) in [5.74, 6) is -0.861. The van der Waals surface area contributed by atoms with E-state index in [0.717, 1.165) is 44.1 Å². The summed E-state index contributed by atoms with van der Waals surface area (Å²) in [6.07, 6.45) is 7.49. The van der Waals surface area contributed by atoms with Gasteiger partial charge in [0.25, 0.3) is 0 Å². The first-order chi connectivity index (χ1) is 16.0. The summed E-state index contributed by atoms with van der Waals surface area (Å²) in [6.45, 7) is 6.17. The van der Waals surface area contributed by atoms with Gasteiger partial charge >= 0.3 is 5.97 Å². The third-order valence-corrected chi connectivity index (χ3v) is 10.3. The average Bonchev–Trinajstić information content (AvgIpc) is 3.11. The molecule has 1 unspecified atom stereocenters. The first-order valence-electron chi connectivity index (χ1n) is 12.5. The lowest BCUT2D eigenvalue weighted by Crippen LogP contribution is -2.53. The van der Waals surface area contributed by atoms with Crippen molar-refractivity contribution in [2.24, 2.45) is 34.5 Å². The van der Waals surface area contributed by atoms with Gasteiger partial charge in [0, 0.05) is 29.9 Å². The van der Waals surface area contributed by atoms with E-state index in [1.54, 1.807) is 13.0 Å². The van der Waals surface area contributed by atoms with Crippen molar-refractivity contribution >= 4 is 17.5 Å². The van der Waals surface area contributed by atoms with Crippen molar-refractivity contribution in [2.75, 3.05) is 0 Å². The topological polar surface area (TPSA) is 112 Å². The van der Waals surface area contributed by atoms with E-state index in [0.29, 0.717) is 11.8 Å².